The normalized spacial score (nSPS) is 11.6. The molecule has 6 heteroatoms. The molecule has 22 heavy (non-hydrogen) atoms. The van der Waals surface area contributed by atoms with Gasteiger partial charge in [-0.05, 0) is 33.1 Å². The summed E-state index contributed by atoms with van der Waals surface area (Å²) in [4.78, 5) is 31.6. The van der Waals surface area contributed by atoms with E-state index in [1.54, 1.807) is 4.90 Å². The molecule has 0 fully saturated rings. The number of carbonyl (C=O) groups is 2. The fourth-order valence-electron chi connectivity index (χ4n) is 1.95. The SMILES string of the molecule is Cc1nc(NC(=O)CN(C(=O)CC(C)(C)C)C(C)C)sc1C. The van der Waals surface area contributed by atoms with Gasteiger partial charge in [-0.3, -0.25) is 9.59 Å². The van der Waals surface area contributed by atoms with Crippen LogP contribution in [0.1, 0.15) is 51.6 Å². The smallest absolute Gasteiger partial charge is 0.245 e. The number of nitrogens with zero attached hydrogens (tertiary/aromatic N) is 2. The van der Waals surface area contributed by atoms with Gasteiger partial charge in [0, 0.05) is 17.3 Å². The third kappa shape index (κ3) is 5.75. The van der Waals surface area contributed by atoms with Crippen molar-refractivity contribution in [3.05, 3.63) is 10.6 Å². The fourth-order valence-corrected chi connectivity index (χ4v) is 2.78. The lowest BCUT2D eigenvalue weighted by atomic mass is 9.91. The van der Waals surface area contributed by atoms with E-state index >= 15 is 0 Å². The van der Waals surface area contributed by atoms with Gasteiger partial charge in [0.1, 0.15) is 6.54 Å². The number of hydrogen-bond donors (Lipinski definition) is 1. The van der Waals surface area contributed by atoms with Crippen LogP contribution in [-0.2, 0) is 9.59 Å². The molecule has 0 aliphatic heterocycles. The molecule has 0 spiro atoms. The lowest BCUT2D eigenvalue weighted by Crippen LogP contribution is -2.43. The molecule has 5 nitrogen and oxygen atoms in total. The fraction of sp³-hybridized carbons (Fsp3) is 0.688. The first kappa shape index (κ1) is 18.6. The highest BCUT2D eigenvalue weighted by atomic mass is 32.1. The number of carbonyl (C=O) groups excluding carboxylic acids is 2. The molecule has 2 amide bonds. The Bertz CT molecular complexity index is 525. The third-order valence-electron chi connectivity index (χ3n) is 3.21. The van der Waals surface area contributed by atoms with Gasteiger partial charge in [0.15, 0.2) is 5.13 Å². The molecule has 0 saturated carbocycles. The van der Waals surface area contributed by atoms with E-state index in [1.807, 2.05) is 48.5 Å². The Hall–Kier alpha value is -1.43. The molecule has 0 atom stereocenters. The Morgan fingerprint density at radius 3 is 2.27 bits per heavy atom. The van der Waals surface area contributed by atoms with Crippen LogP contribution in [0.4, 0.5) is 5.13 Å². The lowest BCUT2D eigenvalue weighted by molar-refractivity contribution is -0.138. The molecule has 1 N–H and O–H groups in total. The molecule has 124 valence electrons. The summed E-state index contributed by atoms with van der Waals surface area (Å²) >= 11 is 1.45. The Labute approximate surface area is 137 Å². The molecule has 0 aliphatic carbocycles. The monoisotopic (exact) mass is 325 g/mol. The first-order valence-electron chi connectivity index (χ1n) is 7.53. The number of thiazole rings is 1. The quantitative estimate of drug-likeness (QED) is 0.903. The topological polar surface area (TPSA) is 62.3 Å². The first-order valence-corrected chi connectivity index (χ1v) is 8.34. The lowest BCUT2D eigenvalue weighted by Gasteiger charge is -2.29. The van der Waals surface area contributed by atoms with E-state index in [4.69, 9.17) is 0 Å². The highest BCUT2D eigenvalue weighted by Crippen LogP contribution is 2.22. The number of aromatic nitrogens is 1. The van der Waals surface area contributed by atoms with Gasteiger partial charge in [0.05, 0.1) is 5.69 Å². The molecule has 1 aromatic heterocycles. The second kappa shape index (κ2) is 7.22. The summed E-state index contributed by atoms with van der Waals surface area (Å²) in [5.74, 6) is -0.200. The van der Waals surface area contributed by atoms with E-state index < -0.39 is 0 Å². The molecule has 0 radical (unpaired) electrons. The number of rotatable bonds is 5. The van der Waals surface area contributed by atoms with Crippen molar-refractivity contribution in [2.45, 2.75) is 60.9 Å². The Morgan fingerprint density at radius 2 is 1.86 bits per heavy atom. The van der Waals surface area contributed by atoms with Gasteiger partial charge in [-0.15, -0.1) is 11.3 Å². The van der Waals surface area contributed by atoms with Crippen molar-refractivity contribution in [1.82, 2.24) is 9.88 Å². The van der Waals surface area contributed by atoms with Gasteiger partial charge in [-0.2, -0.15) is 0 Å². The summed E-state index contributed by atoms with van der Waals surface area (Å²) in [6.07, 6.45) is 0.425. The number of nitrogens with one attached hydrogen (secondary N) is 1. The maximum absolute atomic E-state index is 12.4. The van der Waals surface area contributed by atoms with Crippen molar-refractivity contribution < 1.29 is 9.59 Å². The maximum Gasteiger partial charge on any atom is 0.245 e. The van der Waals surface area contributed by atoms with E-state index in [9.17, 15) is 9.59 Å². The number of anilines is 1. The van der Waals surface area contributed by atoms with Crippen LogP contribution < -0.4 is 5.32 Å². The summed E-state index contributed by atoms with van der Waals surface area (Å²) in [5, 5.41) is 3.37. The molecular formula is C16H27N3O2S. The van der Waals surface area contributed by atoms with Crippen LogP contribution in [0.25, 0.3) is 0 Å². The van der Waals surface area contributed by atoms with Gasteiger partial charge in [-0.1, -0.05) is 20.8 Å². The largest absolute Gasteiger partial charge is 0.331 e. The summed E-state index contributed by atoms with van der Waals surface area (Å²) in [6, 6.07) is -0.0135. The van der Waals surface area contributed by atoms with E-state index in [0.29, 0.717) is 11.6 Å². The van der Waals surface area contributed by atoms with E-state index in [2.05, 4.69) is 10.3 Å². The standard InChI is InChI=1S/C16H27N3O2S/c1-10(2)19(14(21)8-16(5,6)7)9-13(20)18-15-17-11(3)12(4)22-15/h10H,8-9H2,1-7H3,(H,17,18,20). The van der Waals surface area contributed by atoms with Crippen molar-refractivity contribution >= 4 is 28.3 Å². The van der Waals surface area contributed by atoms with Gasteiger partial charge >= 0.3 is 0 Å². The molecule has 0 unspecified atom stereocenters. The molecule has 0 aliphatic rings. The summed E-state index contributed by atoms with van der Waals surface area (Å²) in [5.41, 5.74) is 0.828. The molecule has 0 saturated heterocycles. The zero-order valence-corrected chi connectivity index (χ0v) is 15.4. The molecule has 1 heterocycles. The Kier molecular flexibility index (Phi) is 6.11. The molecular weight excluding hydrogens is 298 g/mol. The van der Waals surface area contributed by atoms with Crippen LogP contribution in [-0.4, -0.2) is 34.3 Å². The minimum Gasteiger partial charge on any atom is -0.331 e. The predicted octanol–water partition coefficient (Wildman–Crippen LogP) is 3.37. The average molecular weight is 325 g/mol. The van der Waals surface area contributed by atoms with E-state index in [1.165, 1.54) is 11.3 Å². The minimum absolute atomic E-state index is 0.00384. The summed E-state index contributed by atoms with van der Waals surface area (Å²) in [6.45, 7) is 13.8. The Balaban J connectivity index is 2.70. The average Bonchev–Trinajstić information content (AvgIpc) is 2.62. The van der Waals surface area contributed by atoms with Crippen LogP contribution in [0.15, 0.2) is 0 Å². The van der Waals surface area contributed by atoms with Gasteiger partial charge in [-0.25, -0.2) is 4.98 Å². The first-order chi connectivity index (χ1) is 9.99. The van der Waals surface area contributed by atoms with Gasteiger partial charge in [0.25, 0.3) is 0 Å². The van der Waals surface area contributed by atoms with Crippen LogP contribution in [0.2, 0.25) is 0 Å². The highest BCUT2D eigenvalue weighted by molar-refractivity contribution is 7.15. The second-order valence-electron chi connectivity index (χ2n) is 7.06. The zero-order chi connectivity index (χ0) is 17.1. The summed E-state index contributed by atoms with van der Waals surface area (Å²) in [7, 11) is 0. The number of aryl methyl sites for hydroxylation is 2. The van der Waals surface area contributed by atoms with Crippen LogP contribution in [0, 0.1) is 19.3 Å². The van der Waals surface area contributed by atoms with Gasteiger partial charge < -0.3 is 10.2 Å². The van der Waals surface area contributed by atoms with Crippen molar-refractivity contribution in [3.8, 4) is 0 Å². The zero-order valence-electron chi connectivity index (χ0n) is 14.6. The number of amides is 2. The van der Waals surface area contributed by atoms with Crippen molar-refractivity contribution in [2.24, 2.45) is 5.41 Å². The third-order valence-corrected chi connectivity index (χ3v) is 4.20. The maximum atomic E-state index is 12.4. The molecule has 1 aromatic rings. The van der Waals surface area contributed by atoms with Crippen molar-refractivity contribution in [3.63, 3.8) is 0 Å². The van der Waals surface area contributed by atoms with Gasteiger partial charge in [0.2, 0.25) is 11.8 Å². The Morgan fingerprint density at radius 1 is 1.27 bits per heavy atom. The van der Waals surface area contributed by atoms with Crippen LogP contribution in [0.3, 0.4) is 0 Å². The van der Waals surface area contributed by atoms with Crippen LogP contribution in [0.5, 0.6) is 0 Å². The molecule has 0 aromatic carbocycles. The second-order valence-corrected chi connectivity index (χ2v) is 8.26. The van der Waals surface area contributed by atoms with Crippen molar-refractivity contribution in [2.75, 3.05) is 11.9 Å². The molecule has 0 bridgehead atoms. The number of hydrogen-bond acceptors (Lipinski definition) is 4. The predicted molar refractivity (Wildman–Crippen MR) is 91.1 cm³/mol. The summed E-state index contributed by atoms with van der Waals surface area (Å²) < 4.78 is 0. The van der Waals surface area contributed by atoms with E-state index in [0.717, 1.165) is 10.6 Å². The minimum atomic E-state index is -0.204. The van der Waals surface area contributed by atoms with Crippen molar-refractivity contribution in [1.29, 1.82) is 0 Å². The molecule has 1 rings (SSSR count). The van der Waals surface area contributed by atoms with E-state index in [-0.39, 0.29) is 29.8 Å². The van der Waals surface area contributed by atoms with Crippen LogP contribution >= 0.6 is 11.3 Å². The highest BCUT2D eigenvalue weighted by Gasteiger charge is 2.25.